The van der Waals surface area contributed by atoms with Crippen LogP contribution in [-0.2, 0) is 4.79 Å². The number of anilines is 2. The van der Waals surface area contributed by atoms with Crippen molar-refractivity contribution < 1.29 is 4.79 Å². The van der Waals surface area contributed by atoms with Crippen LogP contribution in [0.5, 0.6) is 0 Å². The lowest BCUT2D eigenvalue weighted by atomic mass is 10.0. The molecule has 2 aliphatic rings. The number of nitrogens with zero attached hydrogens (tertiary/aromatic N) is 1. The molecular weight excluding hydrogens is 324 g/mol. The molecule has 1 amide bonds. The van der Waals surface area contributed by atoms with E-state index in [0.29, 0.717) is 29.6 Å². The lowest BCUT2D eigenvalue weighted by Gasteiger charge is -2.21. The van der Waals surface area contributed by atoms with Gasteiger partial charge in [0.25, 0.3) is 0 Å². The average molecular weight is 339 g/mol. The van der Waals surface area contributed by atoms with Crippen molar-refractivity contribution in [3.63, 3.8) is 0 Å². The average Bonchev–Trinajstić information content (AvgIpc) is 2.70. The number of hydrogen-bond acceptors (Lipinski definition) is 4. The minimum absolute atomic E-state index is 0.0556. The van der Waals surface area contributed by atoms with E-state index in [9.17, 15) is 4.79 Å². The first-order valence-electron chi connectivity index (χ1n) is 7.65. The molecule has 24 heavy (non-hydrogen) atoms. The molecule has 5 nitrogen and oxygen atoms in total. The molecule has 4 rings (SSSR count). The summed E-state index contributed by atoms with van der Waals surface area (Å²) in [4.78, 5) is 16.8. The number of nitrogens with one attached hydrogen (secondary N) is 3. The fraction of sp³-hybridized carbons (Fsp3) is 0.111. The molecule has 0 saturated carbocycles. The Morgan fingerprint density at radius 2 is 1.96 bits per heavy atom. The third-order valence-corrected chi connectivity index (χ3v) is 4.18. The third-order valence-electron chi connectivity index (χ3n) is 3.95. The molecule has 2 heterocycles. The van der Waals surface area contributed by atoms with Gasteiger partial charge in [-0.1, -0.05) is 29.8 Å². The van der Waals surface area contributed by atoms with Gasteiger partial charge in [-0.15, -0.1) is 0 Å². The molecule has 2 aliphatic heterocycles. The zero-order valence-corrected chi connectivity index (χ0v) is 13.5. The van der Waals surface area contributed by atoms with Gasteiger partial charge in [-0.3, -0.25) is 4.79 Å². The number of hydrogen-bond donors (Lipinski definition) is 3. The largest absolute Gasteiger partial charge is 0.352 e. The van der Waals surface area contributed by atoms with Crippen molar-refractivity contribution in [3.8, 4) is 0 Å². The van der Waals surface area contributed by atoms with Gasteiger partial charge in [0.15, 0.2) is 0 Å². The lowest BCUT2D eigenvalue weighted by molar-refractivity contribution is -0.115. The molecule has 0 fully saturated rings. The SMILES string of the molecule is O=C1CC2=C(N=C(Nc3ccccc3)NC2)c2ccc(Cl)cc2N1. The van der Waals surface area contributed by atoms with E-state index in [0.717, 1.165) is 22.5 Å². The van der Waals surface area contributed by atoms with Crippen molar-refractivity contribution in [3.05, 3.63) is 64.7 Å². The van der Waals surface area contributed by atoms with E-state index in [2.05, 4.69) is 16.0 Å². The first kappa shape index (κ1) is 14.8. The van der Waals surface area contributed by atoms with Crippen LogP contribution in [0.15, 0.2) is 59.1 Å². The fourth-order valence-corrected chi connectivity index (χ4v) is 3.02. The Morgan fingerprint density at radius 1 is 1.12 bits per heavy atom. The van der Waals surface area contributed by atoms with E-state index < -0.39 is 0 Å². The van der Waals surface area contributed by atoms with Gasteiger partial charge in [0, 0.05) is 22.8 Å². The summed E-state index contributed by atoms with van der Waals surface area (Å²) >= 11 is 6.06. The predicted octanol–water partition coefficient (Wildman–Crippen LogP) is 3.46. The number of amides is 1. The maximum atomic E-state index is 12.1. The Bertz CT molecular complexity index is 874. The van der Waals surface area contributed by atoms with Crippen LogP contribution in [0.1, 0.15) is 12.0 Å². The van der Waals surface area contributed by atoms with Crippen LogP contribution in [0.25, 0.3) is 5.70 Å². The second-order valence-electron chi connectivity index (χ2n) is 5.67. The molecule has 0 atom stereocenters. The van der Waals surface area contributed by atoms with Crippen LogP contribution in [0.3, 0.4) is 0 Å². The van der Waals surface area contributed by atoms with Gasteiger partial charge >= 0.3 is 0 Å². The zero-order valence-electron chi connectivity index (χ0n) is 12.8. The van der Waals surface area contributed by atoms with Gasteiger partial charge in [0.1, 0.15) is 0 Å². The van der Waals surface area contributed by atoms with E-state index in [1.54, 1.807) is 6.07 Å². The number of para-hydroxylation sites is 1. The molecule has 0 radical (unpaired) electrons. The zero-order chi connectivity index (χ0) is 16.5. The molecule has 0 bridgehead atoms. The van der Waals surface area contributed by atoms with Crippen molar-refractivity contribution in [1.82, 2.24) is 5.32 Å². The molecule has 0 unspecified atom stereocenters. The van der Waals surface area contributed by atoms with E-state index in [1.807, 2.05) is 42.5 Å². The highest BCUT2D eigenvalue weighted by Gasteiger charge is 2.24. The van der Waals surface area contributed by atoms with Crippen LogP contribution >= 0.6 is 11.6 Å². The van der Waals surface area contributed by atoms with Crippen LogP contribution in [0, 0.1) is 0 Å². The molecule has 2 aromatic rings. The highest BCUT2D eigenvalue weighted by atomic mass is 35.5. The Balaban J connectivity index is 1.74. The maximum absolute atomic E-state index is 12.1. The minimum atomic E-state index is -0.0556. The second-order valence-corrected chi connectivity index (χ2v) is 6.11. The smallest absolute Gasteiger partial charge is 0.228 e. The second kappa shape index (κ2) is 6.02. The maximum Gasteiger partial charge on any atom is 0.228 e. The van der Waals surface area contributed by atoms with Crippen molar-refractivity contribution in [2.24, 2.45) is 4.99 Å². The molecule has 0 aliphatic carbocycles. The highest BCUT2D eigenvalue weighted by molar-refractivity contribution is 6.31. The number of halogens is 1. The summed E-state index contributed by atoms with van der Waals surface area (Å²) in [6.07, 6.45) is 0.316. The number of carbonyl (C=O) groups is 1. The number of fused-ring (bicyclic) bond motifs is 2. The summed E-state index contributed by atoms with van der Waals surface area (Å²) in [5.41, 5.74) is 4.31. The summed E-state index contributed by atoms with van der Waals surface area (Å²) in [5.74, 6) is 0.607. The molecule has 2 aromatic carbocycles. The fourth-order valence-electron chi connectivity index (χ4n) is 2.85. The molecule has 120 valence electrons. The normalized spacial score (nSPS) is 16.2. The van der Waals surface area contributed by atoms with Crippen molar-refractivity contribution in [2.75, 3.05) is 17.2 Å². The summed E-state index contributed by atoms with van der Waals surface area (Å²) in [6.45, 7) is 0.573. The molecule has 6 heteroatoms. The van der Waals surface area contributed by atoms with Crippen molar-refractivity contribution in [1.29, 1.82) is 0 Å². The van der Waals surface area contributed by atoms with Gasteiger partial charge in [-0.2, -0.15) is 0 Å². The molecule has 0 spiro atoms. The Morgan fingerprint density at radius 3 is 2.79 bits per heavy atom. The summed E-state index contributed by atoms with van der Waals surface area (Å²) in [7, 11) is 0. The molecule has 0 aromatic heterocycles. The summed E-state index contributed by atoms with van der Waals surface area (Å²) in [6, 6.07) is 15.3. The predicted molar refractivity (Wildman–Crippen MR) is 97.1 cm³/mol. The minimum Gasteiger partial charge on any atom is -0.352 e. The Kier molecular flexibility index (Phi) is 3.70. The number of aliphatic imine (C=N–C) groups is 1. The quantitative estimate of drug-likeness (QED) is 0.746. The summed E-state index contributed by atoms with van der Waals surface area (Å²) < 4.78 is 0. The topological polar surface area (TPSA) is 65.5 Å². The van der Waals surface area contributed by atoms with Gasteiger partial charge in [0.2, 0.25) is 11.9 Å². The Hall–Kier alpha value is -2.79. The van der Waals surface area contributed by atoms with Gasteiger partial charge in [0.05, 0.1) is 17.8 Å². The van der Waals surface area contributed by atoms with E-state index in [-0.39, 0.29) is 5.91 Å². The van der Waals surface area contributed by atoms with Crippen molar-refractivity contribution >= 4 is 40.5 Å². The number of guanidine groups is 1. The number of benzene rings is 2. The van der Waals surface area contributed by atoms with Gasteiger partial charge in [-0.05, 0) is 35.9 Å². The van der Waals surface area contributed by atoms with Crippen LogP contribution in [-0.4, -0.2) is 18.4 Å². The van der Waals surface area contributed by atoms with Gasteiger partial charge < -0.3 is 16.0 Å². The van der Waals surface area contributed by atoms with E-state index in [1.165, 1.54) is 0 Å². The van der Waals surface area contributed by atoms with Crippen LogP contribution in [0.2, 0.25) is 5.02 Å². The number of rotatable bonds is 1. The highest BCUT2D eigenvalue weighted by Crippen LogP contribution is 2.34. The van der Waals surface area contributed by atoms with Gasteiger partial charge in [-0.25, -0.2) is 4.99 Å². The molecular formula is C18H15ClN4O. The third kappa shape index (κ3) is 2.86. The first-order chi connectivity index (χ1) is 11.7. The van der Waals surface area contributed by atoms with E-state index in [4.69, 9.17) is 16.6 Å². The Labute approximate surface area is 144 Å². The number of carbonyl (C=O) groups excluding carboxylic acids is 1. The molecule has 3 N–H and O–H groups in total. The van der Waals surface area contributed by atoms with Crippen molar-refractivity contribution in [2.45, 2.75) is 6.42 Å². The monoisotopic (exact) mass is 338 g/mol. The first-order valence-corrected chi connectivity index (χ1v) is 8.03. The van der Waals surface area contributed by atoms with E-state index >= 15 is 0 Å². The standard InChI is InChI=1S/C18H15ClN4O/c19-12-6-7-14-15(9-12)22-16(24)8-11-10-20-18(23-17(11)14)21-13-4-2-1-3-5-13/h1-7,9H,8,10H2,(H,22,24)(H2,20,21,23). The van der Waals surface area contributed by atoms with Crippen LogP contribution < -0.4 is 16.0 Å². The molecule has 0 saturated heterocycles. The van der Waals surface area contributed by atoms with Crippen LogP contribution in [0.4, 0.5) is 11.4 Å². The lowest BCUT2D eigenvalue weighted by Crippen LogP contribution is -2.35. The summed E-state index contributed by atoms with van der Waals surface area (Å²) in [5, 5.41) is 9.98.